The van der Waals surface area contributed by atoms with E-state index in [1.54, 1.807) is 6.07 Å². The number of hydrogen-bond acceptors (Lipinski definition) is 2. The minimum Gasteiger partial charge on any atom is -0.258 e. The molecule has 104 valence electrons. The summed E-state index contributed by atoms with van der Waals surface area (Å²) in [5.41, 5.74) is 0.994. The molecule has 2 rings (SSSR count). The molecule has 1 aliphatic carbocycles. The molecule has 2 atom stereocenters. The van der Waals surface area contributed by atoms with Crippen molar-refractivity contribution in [2.45, 2.75) is 43.9 Å². The maximum Gasteiger partial charge on any atom is 0.273 e. The zero-order valence-electron chi connectivity index (χ0n) is 10.6. The number of nitrogens with zero attached hydrogens (tertiary/aromatic N) is 1. The summed E-state index contributed by atoms with van der Waals surface area (Å²) >= 11 is 9.70. The van der Waals surface area contributed by atoms with Gasteiger partial charge < -0.3 is 0 Å². The van der Waals surface area contributed by atoms with Crippen molar-refractivity contribution in [3.63, 3.8) is 0 Å². The smallest absolute Gasteiger partial charge is 0.258 e. The standard InChI is InChI=1S/C14H17BrClNO2/c15-12-7-6-11(14(9-12)17(18)19)8-10-4-2-1-3-5-13(10)16/h6-7,9-10,13H,1-5,8H2. The molecule has 1 aromatic carbocycles. The monoisotopic (exact) mass is 345 g/mol. The molecular formula is C14H17BrClNO2. The second kappa shape index (κ2) is 6.71. The molecule has 0 aromatic heterocycles. The first-order valence-electron chi connectivity index (χ1n) is 6.65. The van der Waals surface area contributed by atoms with Gasteiger partial charge in [-0.15, -0.1) is 11.6 Å². The quantitative estimate of drug-likeness (QED) is 0.331. The van der Waals surface area contributed by atoms with Crippen LogP contribution in [0.25, 0.3) is 0 Å². The van der Waals surface area contributed by atoms with E-state index in [2.05, 4.69) is 15.9 Å². The highest BCUT2D eigenvalue weighted by Gasteiger charge is 2.25. The van der Waals surface area contributed by atoms with Gasteiger partial charge in [0.05, 0.1) is 4.92 Å². The van der Waals surface area contributed by atoms with Gasteiger partial charge in [0.25, 0.3) is 5.69 Å². The lowest BCUT2D eigenvalue weighted by Crippen LogP contribution is -2.16. The van der Waals surface area contributed by atoms with Crippen LogP contribution in [0.15, 0.2) is 22.7 Å². The summed E-state index contributed by atoms with van der Waals surface area (Å²) in [4.78, 5) is 10.8. The molecule has 1 fully saturated rings. The van der Waals surface area contributed by atoms with Crippen LogP contribution >= 0.6 is 27.5 Å². The van der Waals surface area contributed by atoms with Crippen LogP contribution < -0.4 is 0 Å². The first-order chi connectivity index (χ1) is 9.08. The van der Waals surface area contributed by atoms with Crippen LogP contribution in [-0.2, 0) is 6.42 Å². The Morgan fingerprint density at radius 3 is 2.79 bits per heavy atom. The van der Waals surface area contributed by atoms with E-state index in [-0.39, 0.29) is 16.0 Å². The summed E-state index contributed by atoms with van der Waals surface area (Å²) in [6, 6.07) is 5.29. The molecule has 0 saturated heterocycles. The summed E-state index contributed by atoms with van der Waals surface area (Å²) in [5, 5.41) is 11.3. The van der Waals surface area contributed by atoms with Crippen molar-refractivity contribution in [2.75, 3.05) is 0 Å². The van der Waals surface area contributed by atoms with Gasteiger partial charge in [0.1, 0.15) is 0 Å². The maximum absolute atomic E-state index is 11.1. The first kappa shape index (κ1) is 14.8. The second-order valence-electron chi connectivity index (χ2n) is 5.15. The van der Waals surface area contributed by atoms with Crippen molar-refractivity contribution in [1.82, 2.24) is 0 Å². The van der Waals surface area contributed by atoms with Crippen LogP contribution in [0.2, 0.25) is 0 Å². The highest BCUT2D eigenvalue weighted by molar-refractivity contribution is 9.10. The lowest BCUT2D eigenvalue weighted by molar-refractivity contribution is -0.385. The third-order valence-corrected chi connectivity index (χ3v) is 4.86. The number of nitro groups is 1. The molecular weight excluding hydrogens is 330 g/mol. The summed E-state index contributed by atoms with van der Waals surface area (Å²) in [6.45, 7) is 0. The van der Waals surface area contributed by atoms with Gasteiger partial charge in [0.2, 0.25) is 0 Å². The van der Waals surface area contributed by atoms with E-state index in [1.807, 2.05) is 12.1 Å². The minimum atomic E-state index is -0.306. The van der Waals surface area contributed by atoms with E-state index in [0.717, 1.165) is 22.9 Å². The van der Waals surface area contributed by atoms with Crippen LogP contribution in [0.5, 0.6) is 0 Å². The van der Waals surface area contributed by atoms with E-state index < -0.39 is 0 Å². The Morgan fingerprint density at radius 1 is 1.32 bits per heavy atom. The molecule has 0 radical (unpaired) electrons. The van der Waals surface area contributed by atoms with Gasteiger partial charge in [0.15, 0.2) is 0 Å². The Bertz CT molecular complexity index is 467. The third-order valence-electron chi connectivity index (χ3n) is 3.79. The number of alkyl halides is 1. The highest BCUT2D eigenvalue weighted by Crippen LogP contribution is 2.33. The van der Waals surface area contributed by atoms with Gasteiger partial charge in [-0.2, -0.15) is 0 Å². The van der Waals surface area contributed by atoms with Crippen molar-refractivity contribution in [3.05, 3.63) is 38.3 Å². The summed E-state index contributed by atoms with van der Waals surface area (Å²) in [6.07, 6.45) is 6.38. The zero-order valence-corrected chi connectivity index (χ0v) is 13.0. The molecule has 1 aliphatic rings. The Hall–Kier alpha value is -0.610. The predicted octanol–water partition coefficient (Wildman–Crippen LogP) is 5.09. The van der Waals surface area contributed by atoms with Crippen molar-refractivity contribution in [2.24, 2.45) is 5.92 Å². The molecule has 2 unspecified atom stereocenters. The third kappa shape index (κ3) is 3.93. The van der Waals surface area contributed by atoms with Crippen LogP contribution in [0.3, 0.4) is 0 Å². The lowest BCUT2D eigenvalue weighted by atomic mass is 9.91. The van der Waals surface area contributed by atoms with E-state index in [0.29, 0.717) is 12.3 Å². The molecule has 5 heteroatoms. The fourth-order valence-corrected chi connectivity index (χ4v) is 3.45. The molecule has 0 amide bonds. The average molecular weight is 347 g/mol. The molecule has 0 spiro atoms. The molecule has 1 aromatic rings. The Labute approximate surface area is 126 Å². The van der Waals surface area contributed by atoms with Crippen LogP contribution in [-0.4, -0.2) is 10.3 Å². The molecule has 0 aliphatic heterocycles. The number of benzene rings is 1. The normalized spacial score (nSPS) is 23.9. The van der Waals surface area contributed by atoms with Crippen molar-refractivity contribution >= 4 is 33.2 Å². The highest BCUT2D eigenvalue weighted by atomic mass is 79.9. The molecule has 0 heterocycles. The second-order valence-corrected chi connectivity index (χ2v) is 6.62. The van der Waals surface area contributed by atoms with Gasteiger partial charge in [-0.25, -0.2) is 0 Å². The number of halogens is 2. The number of rotatable bonds is 3. The largest absolute Gasteiger partial charge is 0.273 e. The van der Waals surface area contributed by atoms with Gasteiger partial charge in [0, 0.05) is 21.5 Å². The first-order valence-corrected chi connectivity index (χ1v) is 7.88. The maximum atomic E-state index is 11.1. The number of nitro benzene ring substituents is 1. The van der Waals surface area contributed by atoms with E-state index in [1.165, 1.54) is 19.3 Å². The van der Waals surface area contributed by atoms with Crippen LogP contribution in [0.4, 0.5) is 5.69 Å². The van der Waals surface area contributed by atoms with Gasteiger partial charge in [-0.3, -0.25) is 10.1 Å². The van der Waals surface area contributed by atoms with Crippen molar-refractivity contribution < 1.29 is 4.92 Å². The van der Waals surface area contributed by atoms with Gasteiger partial charge >= 0.3 is 0 Å². The fraction of sp³-hybridized carbons (Fsp3) is 0.571. The fourth-order valence-electron chi connectivity index (χ4n) is 2.73. The Morgan fingerprint density at radius 2 is 2.05 bits per heavy atom. The van der Waals surface area contributed by atoms with Gasteiger partial charge in [-0.1, -0.05) is 41.3 Å². The molecule has 1 saturated carbocycles. The van der Waals surface area contributed by atoms with Crippen LogP contribution in [0.1, 0.15) is 37.7 Å². The number of hydrogen-bond donors (Lipinski definition) is 0. The summed E-state index contributed by atoms with van der Waals surface area (Å²) < 4.78 is 0.742. The summed E-state index contributed by atoms with van der Waals surface area (Å²) in [5.74, 6) is 0.351. The van der Waals surface area contributed by atoms with E-state index >= 15 is 0 Å². The minimum absolute atomic E-state index is 0.144. The topological polar surface area (TPSA) is 43.1 Å². The van der Waals surface area contributed by atoms with Crippen molar-refractivity contribution in [3.8, 4) is 0 Å². The SMILES string of the molecule is O=[N+]([O-])c1cc(Br)ccc1CC1CCCCCC1Cl. The summed E-state index contributed by atoms with van der Waals surface area (Å²) in [7, 11) is 0. The predicted molar refractivity (Wildman–Crippen MR) is 80.7 cm³/mol. The molecule has 0 N–H and O–H groups in total. The van der Waals surface area contributed by atoms with E-state index in [4.69, 9.17) is 11.6 Å². The average Bonchev–Trinajstić information content (AvgIpc) is 2.57. The van der Waals surface area contributed by atoms with Crippen molar-refractivity contribution in [1.29, 1.82) is 0 Å². The molecule has 3 nitrogen and oxygen atoms in total. The molecule has 19 heavy (non-hydrogen) atoms. The van der Waals surface area contributed by atoms with Crippen LogP contribution in [0, 0.1) is 16.0 Å². The van der Waals surface area contributed by atoms with E-state index in [9.17, 15) is 10.1 Å². The Kier molecular flexibility index (Phi) is 5.22. The Balaban J connectivity index is 2.19. The zero-order chi connectivity index (χ0) is 13.8. The lowest BCUT2D eigenvalue weighted by Gasteiger charge is -2.19. The molecule has 0 bridgehead atoms. The van der Waals surface area contributed by atoms with Gasteiger partial charge in [-0.05, 0) is 31.2 Å².